The highest BCUT2D eigenvalue weighted by Gasteiger charge is 2.09. The second kappa shape index (κ2) is 4.50. The lowest BCUT2D eigenvalue weighted by Gasteiger charge is -2.08. The van der Waals surface area contributed by atoms with Gasteiger partial charge in [-0.25, -0.2) is 4.98 Å². The van der Waals surface area contributed by atoms with Crippen molar-refractivity contribution in [2.75, 3.05) is 0 Å². The average molecular weight is 252 g/mol. The smallest absolute Gasteiger partial charge is 0.159 e. The molecule has 1 aromatic carbocycles. The zero-order chi connectivity index (χ0) is 13.4. The normalized spacial score (nSPS) is 11.3. The van der Waals surface area contributed by atoms with E-state index in [1.165, 1.54) is 0 Å². The number of ketones is 1. The van der Waals surface area contributed by atoms with Crippen molar-refractivity contribution in [1.82, 2.24) is 9.38 Å². The first-order chi connectivity index (χ1) is 9.20. The summed E-state index contributed by atoms with van der Waals surface area (Å²) in [6.07, 6.45) is 4.06. The Morgan fingerprint density at radius 2 is 2.11 bits per heavy atom. The lowest BCUT2D eigenvalue weighted by atomic mass is 10.1. The number of benzene rings is 1. The predicted octanol–water partition coefficient (Wildman–Crippen LogP) is 3.64. The van der Waals surface area contributed by atoms with E-state index in [0.717, 1.165) is 35.1 Å². The fourth-order valence-electron chi connectivity index (χ4n) is 2.49. The van der Waals surface area contributed by atoms with Crippen LogP contribution in [0.2, 0.25) is 0 Å². The van der Waals surface area contributed by atoms with E-state index >= 15 is 0 Å². The molecule has 0 bridgehead atoms. The van der Waals surface area contributed by atoms with Gasteiger partial charge in [-0.3, -0.25) is 4.79 Å². The number of aromatic nitrogens is 2. The third-order valence-corrected chi connectivity index (χ3v) is 3.43. The third-order valence-electron chi connectivity index (χ3n) is 3.43. The van der Waals surface area contributed by atoms with Crippen molar-refractivity contribution in [3.63, 3.8) is 0 Å². The van der Waals surface area contributed by atoms with Crippen LogP contribution in [0.3, 0.4) is 0 Å². The lowest BCUT2D eigenvalue weighted by molar-refractivity contribution is 0.101. The maximum absolute atomic E-state index is 11.5. The minimum absolute atomic E-state index is 0.0772. The van der Waals surface area contributed by atoms with Gasteiger partial charge in [0.2, 0.25) is 0 Å². The second-order valence-corrected chi connectivity index (χ2v) is 4.83. The van der Waals surface area contributed by atoms with Gasteiger partial charge in [-0.1, -0.05) is 13.3 Å². The number of aryl methyl sites for hydroxylation is 1. The lowest BCUT2D eigenvalue weighted by Crippen LogP contribution is -2.00. The van der Waals surface area contributed by atoms with Crippen LogP contribution in [-0.4, -0.2) is 15.2 Å². The van der Waals surface area contributed by atoms with Gasteiger partial charge in [0.1, 0.15) is 0 Å². The Kier molecular flexibility index (Phi) is 2.82. The number of Topliss-reactive ketones (excluding diaryl/α,β-unsaturated/α-hetero) is 1. The van der Waals surface area contributed by atoms with Gasteiger partial charge in [-0.15, -0.1) is 0 Å². The molecule has 3 heteroatoms. The molecule has 0 aliphatic heterocycles. The van der Waals surface area contributed by atoms with E-state index in [0.29, 0.717) is 5.56 Å². The Morgan fingerprint density at radius 3 is 2.84 bits per heavy atom. The third kappa shape index (κ3) is 1.91. The minimum atomic E-state index is 0.0772. The Bertz CT molecular complexity index is 771. The van der Waals surface area contributed by atoms with Gasteiger partial charge in [0.15, 0.2) is 5.78 Å². The van der Waals surface area contributed by atoms with E-state index in [9.17, 15) is 4.79 Å². The molecule has 3 rings (SSSR count). The molecule has 2 heterocycles. The molecule has 0 saturated heterocycles. The number of hydrogen-bond acceptors (Lipinski definition) is 2. The molecule has 2 aromatic heterocycles. The van der Waals surface area contributed by atoms with Crippen LogP contribution in [0.5, 0.6) is 0 Å². The van der Waals surface area contributed by atoms with Crippen molar-refractivity contribution in [2.45, 2.75) is 26.7 Å². The molecule has 0 aliphatic rings. The molecule has 0 saturated carbocycles. The second-order valence-electron chi connectivity index (χ2n) is 4.83. The topological polar surface area (TPSA) is 34.4 Å². The van der Waals surface area contributed by atoms with Gasteiger partial charge in [0.25, 0.3) is 0 Å². The fourth-order valence-corrected chi connectivity index (χ4v) is 2.49. The first-order valence-corrected chi connectivity index (χ1v) is 6.61. The number of hydrogen-bond donors (Lipinski definition) is 0. The largest absolute Gasteiger partial charge is 0.313 e. The molecule has 0 amide bonds. The number of fused-ring (bicyclic) bond motifs is 3. The van der Waals surface area contributed by atoms with Crippen molar-refractivity contribution in [2.24, 2.45) is 0 Å². The molecule has 96 valence electrons. The van der Waals surface area contributed by atoms with Crippen molar-refractivity contribution >= 4 is 22.3 Å². The average Bonchev–Trinajstić information content (AvgIpc) is 2.88. The van der Waals surface area contributed by atoms with E-state index in [1.54, 1.807) is 6.92 Å². The van der Waals surface area contributed by atoms with Gasteiger partial charge in [0.05, 0.1) is 22.2 Å². The summed E-state index contributed by atoms with van der Waals surface area (Å²) in [6, 6.07) is 9.86. The summed E-state index contributed by atoms with van der Waals surface area (Å²) >= 11 is 0. The highest BCUT2D eigenvalue weighted by atomic mass is 16.1. The number of nitrogens with zero attached hydrogens (tertiary/aromatic N) is 2. The molecule has 0 N–H and O–H groups in total. The summed E-state index contributed by atoms with van der Waals surface area (Å²) in [5.74, 6) is 0.0772. The maximum atomic E-state index is 11.5. The molecule has 19 heavy (non-hydrogen) atoms. The first kappa shape index (κ1) is 11.9. The van der Waals surface area contributed by atoms with Crippen LogP contribution in [0.25, 0.3) is 16.6 Å². The van der Waals surface area contributed by atoms with E-state index in [-0.39, 0.29) is 5.78 Å². The quantitative estimate of drug-likeness (QED) is 0.667. The standard InChI is InChI=1S/C16H16N2O/c1-3-5-13-15-6-4-9-18(15)16-8-7-12(11(2)19)10-14(16)17-13/h4,6-10H,3,5H2,1-2H3. The monoisotopic (exact) mass is 252 g/mol. The van der Waals surface area contributed by atoms with Gasteiger partial charge >= 0.3 is 0 Å². The Hall–Kier alpha value is -2.16. The van der Waals surface area contributed by atoms with E-state index in [1.807, 2.05) is 30.5 Å². The van der Waals surface area contributed by atoms with Crippen molar-refractivity contribution in [1.29, 1.82) is 0 Å². The number of rotatable bonds is 3. The SMILES string of the molecule is CCCc1nc2cc(C(C)=O)ccc2n2cccc12. The van der Waals surface area contributed by atoms with Crippen LogP contribution >= 0.6 is 0 Å². The van der Waals surface area contributed by atoms with Gasteiger partial charge < -0.3 is 4.40 Å². The van der Waals surface area contributed by atoms with Crippen LogP contribution in [0.1, 0.15) is 36.3 Å². The van der Waals surface area contributed by atoms with Crippen LogP contribution in [0.4, 0.5) is 0 Å². The first-order valence-electron chi connectivity index (χ1n) is 6.61. The molecule has 0 atom stereocenters. The van der Waals surface area contributed by atoms with Crippen molar-refractivity contribution < 1.29 is 4.79 Å². The molecule has 0 spiro atoms. The van der Waals surface area contributed by atoms with E-state index < -0.39 is 0 Å². The Balaban J connectivity index is 2.35. The van der Waals surface area contributed by atoms with Crippen LogP contribution in [-0.2, 0) is 6.42 Å². The summed E-state index contributed by atoms with van der Waals surface area (Å²) in [5.41, 5.74) is 4.91. The Morgan fingerprint density at radius 1 is 1.26 bits per heavy atom. The molecule has 3 aromatic rings. The van der Waals surface area contributed by atoms with Crippen molar-refractivity contribution in [3.05, 3.63) is 47.8 Å². The zero-order valence-electron chi connectivity index (χ0n) is 11.2. The van der Waals surface area contributed by atoms with Crippen LogP contribution < -0.4 is 0 Å². The number of carbonyl (C=O) groups excluding carboxylic acids is 1. The molecule has 0 unspecified atom stereocenters. The molecule has 0 fully saturated rings. The molecule has 3 nitrogen and oxygen atoms in total. The summed E-state index contributed by atoms with van der Waals surface area (Å²) in [7, 11) is 0. The van der Waals surface area contributed by atoms with Gasteiger partial charge in [-0.2, -0.15) is 0 Å². The summed E-state index contributed by atoms with van der Waals surface area (Å²) in [5, 5.41) is 0. The molecule has 0 radical (unpaired) electrons. The molecule has 0 aliphatic carbocycles. The highest BCUT2D eigenvalue weighted by Crippen LogP contribution is 2.21. The summed E-state index contributed by atoms with van der Waals surface area (Å²) in [4.78, 5) is 16.2. The Labute approximate surface area is 111 Å². The summed E-state index contributed by atoms with van der Waals surface area (Å²) in [6.45, 7) is 3.74. The minimum Gasteiger partial charge on any atom is -0.313 e. The van der Waals surface area contributed by atoms with Crippen molar-refractivity contribution in [3.8, 4) is 0 Å². The zero-order valence-corrected chi connectivity index (χ0v) is 11.2. The van der Waals surface area contributed by atoms with Crippen LogP contribution in [0, 0.1) is 0 Å². The molecular formula is C16H16N2O. The fraction of sp³-hybridized carbons (Fsp3) is 0.250. The highest BCUT2D eigenvalue weighted by molar-refractivity contribution is 5.97. The van der Waals surface area contributed by atoms with Gasteiger partial charge in [0, 0.05) is 11.8 Å². The maximum Gasteiger partial charge on any atom is 0.159 e. The van der Waals surface area contributed by atoms with Gasteiger partial charge in [-0.05, 0) is 43.7 Å². The number of carbonyl (C=O) groups is 1. The predicted molar refractivity (Wildman–Crippen MR) is 76.7 cm³/mol. The van der Waals surface area contributed by atoms with E-state index in [2.05, 4.69) is 17.4 Å². The van der Waals surface area contributed by atoms with Crippen LogP contribution in [0.15, 0.2) is 36.5 Å². The van der Waals surface area contributed by atoms with E-state index in [4.69, 9.17) is 4.98 Å². The molecular weight excluding hydrogens is 236 g/mol. The summed E-state index contributed by atoms with van der Waals surface area (Å²) < 4.78 is 2.15.